The predicted octanol–water partition coefficient (Wildman–Crippen LogP) is 4.74. The summed E-state index contributed by atoms with van der Waals surface area (Å²) < 4.78 is 0. The van der Waals surface area contributed by atoms with Crippen LogP contribution in [0.4, 0.5) is 4.79 Å². The maximum Gasteiger partial charge on any atom is 0.315 e. The van der Waals surface area contributed by atoms with E-state index in [1.807, 2.05) is 58.0 Å². The van der Waals surface area contributed by atoms with Gasteiger partial charge in [-0.15, -0.1) is 0 Å². The zero-order valence-electron chi connectivity index (χ0n) is 21.2. The summed E-state index contributed by atoms with van der Waals surface area (Å²) in [4.78, 5) is 27.8. The first-order valence-corrected chi connectivity index (χ1v) is 12.8. The van der Waals surface area contributed by atoms with Gasteiger partial charge in [0, 0.05) is 30.1 Å². The highest BCUT2D eigenvalue weighted by Gasteiger charge is 2.50. The molecule has 2 atom stereocenters. The smallest absolute Gasteiger partial charge is 0.315 e. The van der Waals surface area contributed by atoms with Crippen LogP contribution >= 0.6 is 11.6 Å². The molecule has 0 radical (unpaired) electrons. The summed E-state index contributed by atoms with van der Waals surface area (Å²) in [5, 5.41) is 18.0. The van der Waals surface area contributed by atoms with Gasteiger partial charge >= 0.3 is 6.03 Å². The third kappa shape index (κ3) is 6.56. The maximum atomic E-state index is 13.5. The van der Waals surface area contributed by atoms with Gasteiger partial charge in [0.1, 0.15) is 6.04 Å². The van der Waals surface area contributed by atoms with Crippen molar-refractivity contribution in [1.29, 1.82) is 0 Å². The van der Waals surface area contributed by atoms with E-state index >= 15 is 0 Å². The summed E-state index contributed by atoms with van der Waals surface area (Å²) in [5.74, 6) is -0.191. The Bertz CT molecular complexity index is 994. The number of halogens is 1. The average Bonchev–Trinajstić information content (AvgIpc) is 2.82. The van der Waals surface area contributed by atoms with Crippen molar-refractivity contribution in [2.75, 3.05) is 19.6 Å². The zero-order valence-corrected chi connectivity index (χ0v) is 21.9. The highest BCUT2D eigenvalue weighted by atomic mass is 35.5. The Labute approximate surface area is 214 Å². The second-order valence-corrected chi connectivity index (χ2v) is 10.9. The van der Waals surface area contributed by atoms with Gasteiger partial charge in [-0.1, -0.05) is 81.8 Å². The molecule has 1 aliphatic rings. The number of hydrogen-bond acceptors (Lipinski definition) is 3. The Morgan fingerprint density at radius 3 is 2.34 bits per heavy atom. The number of carbonyl (C=O) groups is 2. The number of benzene rings is 2. The lowest BCUT2D eigenvalue weighted by Gasteiger charge is -2.51. The monoisotopic (exact) mass is 499 g/mol. The summed E-state index contributed by atoms with van der Waals surface area (Å²) in [7, 11) is 0. The van der Waals surface area contributed by atoms with Crippen LogP contribution in [0.15, 0.2) is 54.6 Å². The first kappa shape index (κ1) is 27.0. The van der Waals surface area contributed by atoms with Crippen molar-refractivity contribution >= 4 is 23.5 Å². The Hall–Kier alpha value is -2.57. The quantitative estimate of drug-likeness (QED) is 0.459. The molecule has 3 N–H and O–H groups in total. The molecule has 190 valence electrons. The van der Waals surface area contributed by atoms with E-state index < -0.39 is 17.1 Å². The molecule has 0 aliphatic carbocycles. The third-order valence-corrected chi connectivity index (χ3v) is 7.32. The van der Waals surface area contributed by atoms with E-state index in [-0.39, 0.29) is 17.9 Å². The van der Waals surface area contributed by atoms with Gasteiger partial charge in [-0.05, 0) is 48.4 Å². The summed E-state index contributed by atoms with van der Waals surface area (Å²) in [5.41, 5.74) is 0.366. The summed E-state index contributed by atoms with van der Waals surface area (Å²) in [6, 6.07) is 16.4. The molecular weight excluding hydrogens is 462 g/mol. The SMILES string of the molecule is CC(C)[C@@H](NC(=O)NCCCc1ccccc1)C(=O)N1CCC(O)(c2ccc(Cl)cc2)C(C)(C)C1. The number of aliphatic hydroxyl groups is 1. The van der Waals surface area contributed by atoms with Gasteiger partial charge in [0.15, 0.2) is 0 Å². The van der Waals surface area contributed by atoms with Crippen LogP contribution in [-0.2, 0) is 16.8 Å². The molecule has 2 aromatic rings. The summed E-state index contributed by atoms with van der Waals surface area (Å²) in [6.07, 6.45) is 2.11. The molecule has 1 heterocycles. The molecule has 1 fully saturated rings. The minimum absolute atomic E-state index is 0.0715. The molecule has 1 saturated heterocycles. The predicted molar refractivity (Wildman–Crippen MR) is 140 cm³/mol. The van der Waals surface area contributed by atoms with Crippen LogP contribution in [0.1, 0.15) is 51.7 Å². The van der Waals surface area contributed by atoms with Gasteiger partial charge < -0.3 is 20.6 Å². The summed E-state index contributed by atoms with van der Waals surface area (Å²) >= 11 is 6.03. The van der Waals surface area contributed by atoms with Crippen LogP contribution < -0.4 is 10.6 Å². The fraction of sp³-hybridized carbons (Fsp3) is 0.500. The Morgan fingerprint density at radius 2 is 1.74 bits per heavy atom. The molecule has 0 saturated carbocycles. The van der Waals surface area contributed by atoms with Crippen LogP contribution in [0.2, 0.25) is 5.02 Å². The Balaban J connectivity index is 1.57. The van der Waals surface area contributed by atoms with E-state index in [0.29, 0.717) is 31.1 Å². The molecule has 2 aromatic carbocycles. The minimum Gasteiger partial charge on any atom is -0.384 e. The minimum atomic E-state index is -1.08. The molecule has 0 bridgehead atoms. The largest absolute Gasteiger partial charge is 0.384 e. The lowest BCUT2D eigenvalue weighted by Crippen LogP contribution is -2.61. The molecule has 3 rings (SSSR count). The normalized spacial score (nSPS) is 20.4. The molecule has 35 heavy (non-hydrogen) atoms. The van der Waals surface area contributed by atoms with Crippen LogP contribution in [0.25, 0.3) is 0 Å². The van der Waals surface area contributed by atoms with E-state index in [1.165, 1.54) is 5.56 Å². The van der Waals surface area contributed by atoms with Gasteiger partial charge in [-0.25, -0.2) is 4.79 Å². The molecule has 0 aromatic heterocycles. The fourth-order valence-electron chi connectivity index (χ4n) is 4.81. The number of likely N-dealkylation sites (tertiary alicyclic amines) is 1. The fourth-order valence-corrected chi connectivity index (χ4v) is 4.94. The number of urea groups is 1. The number of amides is 3. The van der Waals surface area contributed by atoms with Gasteiger partial charge in [0.25, 0.3) is 0 Å². The molecular formula is C28H38ClN3O3. The molecule has 0 spiro atoms. The Morgan fingerprint density at radius 1 is 1.09 bits per heavy atom. The van der Waals surface area contributed by atoms with Gasteiger partial charge in [0.05, 0.1) is 5.60 Å². The van der Waals surface area contributed by atoms with Crippen LogP contribution in [0.3, 0.4) is 0 Å². The number of piperidine rings is 1. The van der Waals surface area contributed by atoms with Crippen molar-refractivity contribution < 1.29 is 14.7 Å². The second kappa shape index (κ2) is 11.4. The average molecular weight is 500 g/mol. The number of rotatable bonds is 8. The van der Waals surface area contributed by atoms with Crippen molar-refractivity contribution in [2.24, 2.45) is 11.3 Å². The van der Waals surface area contributed by atoms with Gasteiger partial charge in [0.2, 0.25) is 5.91 Å². The molecule has 6 nitrogen and oxygen atoms in total. The number of hydrogen-bond donors (Lipinski definition) is 3. The topological polar surface area (TPSA) is 81.7 Å². The van der Waals surface area contributed by atoms with Crippen molar-refractivity contribution in [3.05, 3.63) is 70.7 Å². The highest BCUT2D eigenvalue weighted by Crippen LogP contribution is 2.46. The van der Waals surface area contributed by atoms with E-state index in [4.69, 9.17) is 11.6 Å². The second-order valence-electron chi connectivity index (χ2n) is 10.5. The van der Waals surface area contributed by atoms with Crippen molar-refractivity contribution in [3.63, 3.8) is 0 Å². The first-order valence-electron chi connectivity index (χ1n) is 12.4. The van der Waals surface area contributed by atoms with Crippen molar-refractivity contribution in [1.82, 2.24) is 15.5 Å². The van der Waals surface area contributed by atoms with E-state index in [0.717, 1.165) is 18.4 Å². The zero-order chi connectivity index (χ0) is 25.6. The number of nitrogens with zero attached hydrogens (tertiary/aromatic N) is 1. The lowest BCUT2D eigenvalue weighted by atomic mass is 9.66. The van der Waals surface area contributed by atoms with Gasteiger partial charge in [-0.2, -0.15) is 0 Å². The standard InChI is InChI=1S/C28H38ClN3O3/c1-20(2)24(31-26(34)30-17-8-11-21-9-6-5-7-10-21)25(33)32-18-16-28(35,27(3,4)19-32)22-12-14-23(29)15-13-22/h5-7,9-10,12-15,20,24,35H,8,11,16-19H2,1-4H3,(H2,30,31,34)/t24-,28?/m1/s1. The van der Waals surface area contributed by atoms with E-state index in [2.05, 4.69) is 22.8 Å². The van der Waals surface area contributed by atoms with E-state index in [9.17, 15) is 14.7 Å². The number of nitrogens with one attached hydrogen (secondary N) is 2. The van der Waals surface area contributed by atoms with Crippen LogP contribution in [0.5, 0.6) is 0 Å². The maximum absolute atomic E-state index is 13.5. The third-order valence-electron chi connectivity index (χ3n) is 7.07. The molecule has 1 aliphatic heterocycles. The molecule has 7 heteroatoms. The van der Waals surface area contributed by atoms with Gasteiger partial charge in [-0.3, -0.25) is 4.79 Å². The van der Waals surface area contributed by atoms with Crippen LogP contribution in [0, 0.1) is 11.3 Å². The first-order chi connectivity index (χ1) is 16.5. The van der Waals surface area contributed by atoms with E-state index in [1.54, 1.807) is 17.0 Å². The highest BCUT2D eigenvalue weighted by molar-refractivity contribution is 6.30. The lowest BCUT2D eigenvalue weighted by molar-refractivity contribution is -0.155. The molecule has 1 unspecified atom stereocenters. The number of carbonyl (C=O) groups excluding carboxylic acids is 2. The van der Waals surface area contributed by atoms with Crippen molar-refractivity contribution in [3.8, 4) is 0 Å². The van der Waals surface area contributed by atoms with Crippen molar-refractivity contribution in [2.45, 2.75) is 58.6 Å². The Kier molecular flexibility index (Phi) is 8.84. The summed E-state index contributed by atoms with van der Waals surface area (Å²) in [6.45, 7) is 9.12. The molecule has 3 amide bonds. The number of aryl methyl sites for hydroxylation is 1. The van der Waals surface area contributed by atoms with Crippen LogP contribution in [-0.4, -0.2) is 47.6 Å².